The second-order valence-corrected chi connectivity index (χ2v) is 8.90. The molecule has 1 heterocycles. The number of carbonyl (C=O) groups excluding carboxylic acids is 2. The van der Waals surface area contributed by atoms with Gasteiger partial charge < -0.3 is 10.6 Å². The van der Waals surface area contributed by atoms with Gasteiger partial charge in [0.2, 0.25) is 11.1 Å². The normalized spacial score (nSPS) is 10.6. The van der Waals surface area contributed by atoms with E-state index >= 15 is 0 Å². The second-order valence-electron chi connectivity index (χ2n) is 7.52. The number of nitrogens with one attached hydrogen (secondary N) is 3. The average Bonchev–Trinajstić information content (AvgIpc) is 3.32. The predicted octanol–water partition coefficient (Wildman–Crippen LogP) is 5.09. The van der Waals surface area contributed by atoms with E-state index in [0.29, 0.717) is 33.8 Å². The maximum absolute atomic E-state index is 12.7. The number of nitrogens with zero attached hydrogens (tertiary/aromatic N) is 2. The molecule has 2 amide bonds. The van der Waals surface area contributed by atoms with E-state index in [0.717, 1.165) is 16.7 Å². The van der Waals surface area contributed by atoms with Crippen molar-refractivity contribution in [3.05, 3.63) is 94.5 Å². The van der Waals surface area contributed by atoms with E-state index in [1.54, 1.807) is 36.4 Å². The minimum absolute atomic E-state index is 0.0945. The highest BCUT2D eigenvalue weighted by molar-refractivity contribution is 7.99. The Morgan fingerprint density at radius 2 is 1.74 bits per heavy atom. The first-order valence-corrected chi connectivity index (χ1v) is 11.9. The van der Waals surface area contributed by atoms with Crippen LogP contribution in [0.5, 0.6) is 0 Å². The molecule has 0 fully saturated rings. The third-order valence-electron chi connectivity index (χ3n) is 4.93. The molecule has 0 unspecified atom stereocenters. The van der Waals surface area contributed by atoms with Crippen LogP contribution in [-0.4, -0.2) is 32.7 Å². The standard InChI is InChI=1S/C25H22ClN5O2S/c1-16-6-8-17(9-7-16)14-27-24(33)20-4-2-3-5-21(20)28-22(32)15-34-25-29-23(30-31-25)18-10-12-19(26)13-11-18/h2-13H,14-15H2,1H3,(H,27,33)(H,28,32)(H,29,30,31). The number of aryl methyl sites for hydroxylation is 1. The fraction of sp³-hybridized carbons (Fsp3) is 0.120. The van der Waals surface area contributed by atoms with Crippen molar-refractivity contribution in [3.63, 3.8) is 0 Å². The van der Waals surface area contributed by atoms with Crippen LogP contribution in [0.2, 0.25) is 5.02 Å². The molecule has 4 rings (SSSR count). The number of rotatable bonds is 8. The van der Waals surface area contributed by atoms with Gasteiger partial charge in [0.25, 0.3) is 5.91 Å². The molecule has 1 aromatic heterocycles. The number of hydrogen-bond acceptors (Lipinski definition) is 5. The van der Waals surface area contributed by atoms with Gasteiger partial charge >= 0.3 is 0 Å². The van der Waals surface area contributed by atoms with Crippen LogP contribution in [0.1, 0.15) is 21.5 Å². The summed E-state index contributed by atoms with van der Waals surface area (Å²) < 4.78 is 0. The summed E-state index contributed by atoms with van der Waals surface area (Å²) >= 11 is 7.11. The fourth-order valence-electron chi connectivity index (χ4n) is 3.14. The lowest BCUT2D eigenvalue weighted by atomic mass is 10.1. The minimum atomic E-state index is -0.262. The summed E-state index contributed by atoms with van der Waals surface area (Å²) in [7, 11) is 0. The van der Waals surface area contributed by atoms with Crippen molar-refractivity contribution in [1.82, 2.24) is 20.5 Å². The van der Waals surface area contributed by atoms with Crippen molar-refractivity contribution in [2.24, 2.45) is 0 Å². The summed E-state index contributed by atoms with van der Waals surface area (Å²) in [6.07, 6.45) is 0. The van der Waals surface area contributed by atoms with E-state index in [2.05, 4.69) is 25.8 Å². The van der Waals surface area contributed by atoms with E-state index in [4.69, 9.17) is 11.6 Å². The van der Waals surface area contributed by atoms with E-state index in [1.165, 1.54) is 11.8 Å². The van der Waals surface area contributed by atoms with Gasteiger partial charge in [-0.05, 0) is 48.9 Å². The molecule has 0 saturated carbocycles. The zero-order valence-electron chi connectivity index (χ0n) is 18.3. The Labute approximate surface area is 206 Å². The number of anilines is 1. The van der Waals surface area contributed by atoms with Crippen molar-refractivity contribution in [2.45, 2.75) is 18.6 Å². The summed E-state index contributed by atoms with van der Waals surface area (Å²) in [5.74, 6) is 0.166. The Hall–Kier alpha value is -3.62. The van der Waals surface area contributed by atoms with Crippen molar-refractivity contribution < 1.29 is 9.59 Å². The average molecular weight is 492 g/mol. The van der Waals surface area contributed by atoms with Gasteiger partial charge in [0.1, 0.15) is 0 Å². The summed E-state index contributed by atoms with van der Waals surface area (Å²) in [6, 6.07) is 22.1. The number of halogens is 1. The van der Waals surface area contributed by atoms with Gasteiger partial charge in [-0.25, -0.2) is 4.98 Å². The first-order valence-electron chi connectivity index (χ1n) is 10.5. The molecule has 34 heavy (non-hydrogen) atoms. The zero-order valence-corrected chi connectivity index (χ0v) is 19.9. The van der Waals surface area contributed by atoms with Crippen molar-refractivity contribution >= 4 is 40.9 Å². The van der Waals surface area contributed by atoms with Gasteiger partial charge in [-0.3, -0.25) is 14.7 Å². The SMILES string of the molecule is Cc1ccc(CNC(=O)c2ccccc2NC(=O)CSc2n[nH]c(-c3ccc(Cl)cc3)n2)cc1. The number of amides is 2. The highest BCUT2D eigenvalue weighted by Gasteiger charge is 2.14. The number of benzene rings is 3. The molecule has 9 heteroatoms. The minimum Gasteiger partial charge on any atom is -0.348 e. The number of H-pyrrole nitrogens is 1. The Morgan fingerprint density at radius 1 is 1.00 bits per heavy atom. The lowest BCUT2D eigenvalue weighted by Gasteiger charge is -2.11. The number of aromatic amines is 1. The van der Waals surface area contributed by atoms with Crippen LogP contribution in [0.4, 0.5) is 5.69 Å². The van der Waals surface area contributed by atoms with Crippen LogP contribution >= 0.6 is 23.4 Å². The zero-order chi connectivity index (χ0) is 23.9. The van der Waals surface area contributed by atoms with Gasteiger partial charge in [0.05, 0.1) is 17.0 Å². The molecule has 0 radical (unpaired) electrons. The predicted molar refractivity (Wildman–Crippen MR) is 135 cm³/mol. The smallest absolute Gasteiger partial charge is 0.253 e. The van der Waals surface area contributed by atoms with Gasteiger partial charge in [0, 0.05) is 17.1 Å². The molecular weight excluding hydrogens is 470 g/mol. The van der Waals surface area contributed by atoms with Crippen LogP contribution in [0.25, 0.3) is 11.4 Å². The molecule has 0 spiro atoms. The molecule has 0 aliphatic heterocycles. The number of hydrogen-bond donors (Lipinski definition) is 3. The maximum Gasteiger partial charge on any atom is 0.253 e. The summed E-state index contributed by atoms with van der Waals surface area (Å²) in [5.41, 5.74) is 3.86. The van der Waals surface area contributed by atoms with Crippen LogP contribution < -0.4 is 10.6 Å². The molecule has 7 nitrogen and oxygen atoms in total. The highest BCUT2D eigenvalue weighted by Crippen LogP contribution is 2.22. The van der Waals surface area contributed by atoms with Crippen LogP contribution in [0, 0.1) is 6.92 Å². The monoisotopic (exact) mass is 491 g/mol. The topological polar surface area (TPSA) is 99.8 Å². The lowest BCUT2D eigenvalue weighted by molar-refractivity contribution is -0.113. The molecule has 0 bridgehead atoms. The van der Waals surface area contributed by atoms with Gasteiger partial charge in [-0.2, -0.15) is 0 Å². The molecule has 0 aliphatic carbocycles. The third-order valence-corrected chi connectivity index (χ3v) is 6.03. The second kappa shape index (κ2) is 11.0. The molecule has 0 aliphatic rings. The van der Waals surface area contributed by atoms with Gasteiger partial charge in [0.15, 0.2) is 5.82 Å². The molecule has 0 saturated heterocycles. The van der Waals surface area contributed by atoms with Crippen LogP contribution in [-0.2, 0) is 11.3 Å². The maximum atomic E-state index is 12.7. The molecule has 3 aromatic carbocycles. The Balaban J connectivity index is 1.33. The summed E-state index contributed by atoms with van der Waals surface area (Å²) in [5, 5.41) is 13.8. The number of thioether (sulfide) groups is 1. The molecular formula is C25H22ClN5O2S. The van der Waals surface area contributed by atoms with Crippen LogP contribution in [0.3, 0.4) is 0 Å². The van der Waals surface area contributed by atoms with Crippen molar-refractivity contribution in [2.75, 3.05) is 11.1 Å². The van der Waals surface area contributed by atoms with Gasteiger partial charge in [-0.1, -0.05) is 65.3 Å². The van der Waals surface area contributed by atoms with E-state index in [1.807, 2.05) is 43.3 Å². The third kappa shape index (κ3) is 6.24. The number of para-hydroxylation sites is 1. The molecule has 4 aromatic rings. The summed E-state index contributed by atoms with van der Waals surface area (Å²) in [6.45, 7) is 2.42. The van der Waals surface area contributed by atoms with E-state index < -0.39 is 0 Å². The quantitative estimate of drug-likeness (QED) is 0.298. The highest BCUT2D eigenvalue weighted by atomic mass is 35.5. The number of carbonyl (C=O) groups is 2. The fourth-order valence-corrected chi connectivity index (χ4v) is 3.86. The first kappa shape index (κ1) is 23.5. The molecule has 0 atom stereocenters. The number of aromatic nitrogens is 3. The lowest BCUT2D eigenvalue weighted by Crippen LogP contribution is -2.25. The van der Waals surface area contributed by atoms with Crippen LogP contribution in [0.15, 0.2) is 78.0 Å². The Morgan fingerprint density at radius 3 is 2.50 bits per heavy atom. The van der Waals surface area contributed by atoms with Crippen molar-refractivity contribution in [3.8, 4) is 11.4 Å². The summed E-state index contributed by atoms with van der Waals surface area (Å²) in [4.78, 5) is 29.7. The Bertz CT molecular complexity index is 1290. The Kier molecular flexibility index (Phi) is 7.61. The largest absolute Gasteiger partial charge is 0.348 e. The molecule has 172 valence electrons. The van der Waals surface area contributed by atoms with E-state index in [9.17, 15) is 9.59 Å². The molecule has 3 N–H and O–H groups in total. The van der Waals surface area contributed by atoms with Crippen molar-refractivity contribution in [1.29, 1.82) is 0 Å². The van der Waals surface area contributed by atoms with Gasteiger partial charge in [-0.15, -0.1) is 5.10 Å². The van der Waals surface area contributed by atoms with E-state index in [-0.39, 0.29) is 17.6 Å². The first-order chi connectivity index (χ1) is 16.5.